The lowest BCUT2D eigenvalue weighted by Crippen LogP contribution is -2.35. The van der Waals surface area contributed by atoms with E-state index in [4.69, 9.17) is 5.73 Å². The minimum absolute atomic E-state index is 0.288. The van der Waals surface area contributed by atoms with E-state index in [0.29, 0.717) is 5.75 Å². The molecule has 3 heteroatoms. The van der Waals surface area contributed by atoms with Gasteiger partial charge in [0.1, 0.15) is 5.75 Å². The van der Waals surface area contributed by atoms with Crippen molar-refractivity contribution in [3.8, 4) is 5.75 Å². The van der Waals surface area contributed by atoms with Gasteiger partial charge < -0.3 is 10.8 Å². The van der Waals surface area contributed by atoms with Gasteiger partial charge in [0, 0.05) is 11.1 Å². The number of nitrogens with two attached hydrogens (primary N) is 1. The Bertz CT molecular complexity index is 435. The second kappa shape index (κ2) is 4.62. The molecule has 0 spiro atoms. The normalized spacial score (nSPS) is 15.8. The molecule has 0 bridgehead atoms. The molecule has 3 N–H and O–H groups in total. The Kier molecular flexibility index (Phi) is 3.50. The summed E-state index contributed by atoms with van der Waals surface area (Å²) in [6, 6.07) is 2.07. The van der Waals surface area contributed by atoms with Gasteiger partial charge in [-0.3, -0.25) is 0 Å². The Balaban J connectivity index is 2.51. The van der Waals surface area contributed by atoms with Crippen LogP contribution in [0.2, 0.25) is 0 Å². The molecule has 17 heavy (non-hydrogen) atoms. The summed E-state index contributed by atoms with van der Waals surface area (Å²) in [5.74, 6) is 0.379. The van der Waals surface area contributed by atoms with Crippen LogP contribution in [0, 0.1) is 0 Å². The Morgan fingerprint density at radius 1 is 1.35 bits per heavy atom. The van der Waals surface area contributed by atoms with Gasteiger partial charge in [0.05, 0.1) is 4.47 Å². The highest BCUT2D eigenvalue weighted by atomic mass is 79.9. The molecule has 1 aliphatic carbocycles. The summed E-state index contributed by atoms with van der Waals surface area (Å²) in [6.45, 7) is 4.01. The van der Waals surface area contributed by atoms with E-state index in [9.17, 15) is 5.11 Å². The summed E-state index contributed by atoms with van der Waals surface area (Å²) in [7, 11) is 0. The number of hydrogen-bond acceptors (Lipinski definition) is 2. The van der Waals surface area contributed by atoms with Gasteiger partial charge in [-0.2, -0.15) is 0 Å². The molecular weight excluding hydrogens is 278 g/mol. The third-order valence-corrected chi connectivity index (χ3v) is 3.92. The fourth-order valence-corrected chi connectivity index (χ4v) is 3.10. The standard InChI is InChI=1S/C14H20BrNO/c1-14(2,16)8-11-10-6-4-3-5-9(10)7-12(15)13(11)17/h7,17H,3-6,8,16H2,1-2H3. The van der Waals surface area contributed by atoms with Crippen molar-refractivity contribution >= 4 is 15.9 Å². The molecular formula is C14H20BrNO. The Hall–Kier alpha value is -0.540. The summed E-state index contributed by atoms with van der Waals surface area (Å²) in [5, 5.41) is 10.2. The lowest BCUT2D eigenvalue weighted by Gasteiger charge is -2.26. The fraction of sp³-hybridized carbons (Fsp3) is 0.571. The predicted molar refractivity (Wildman–Crippen MR) is 74.4 cm³/mol. The van der Waals surface area contributed by atoms with Crippen LogP contribution < -0.4 is 5.73 Å². The lowest BCUT2D eigenvalue weighted by molar-refractivity contribution is 0.443. The molecule has 0 amide bonds. The molecule has 2 nitrogen and oxygen atoms in total. The van der Waals surface area contributed by atoms with Crippen LogP contribution in [0.4, 0.5) is 0 Å². The third-order valence-electron chi connectivity index (χ3n) is 3.32. The average molecular weight is 298 g/mol. The third kappa shape index (κ3) is 2.83. The minimum atomic E-state index is -0.288. The number of rotatable bonds is 2. The summed E-state index contributed by atoms with van der Waals surface area (Å²) in [4.78, 5) is 0. The van der Waals surface area contributed by atoms with Gasteiger partial charge in [-0.05, 0) is 79.1 Å². The zero-order chi connectivity index (χ0) is 12.6. The maximum atomic E-state index is 10.2. The van der Waals surface area contributed by atoms with Crippen LogP contribution in [0.5, 0.6) is 5.75 Å². The van der Waals surface area contributed by atoms with E-state index in [0.717, 1.165) is 29.3 Å². The number of fused-ring (bicyclic) bond motifs is 1. The van der Waals surface area contributed by atoms with Crippen LogP contribution in [0.1, 0.15) is 43.4 Å². The molecule has 1 aromatic carbocycles. The molecule has 0 saturated heterocycles. The number of phenolic OH excluding ortho intramolecular Hbond substituents is 1. The van der Waals surface area contributed by atoms with Gasteiger partial charge in [-0.25, -0.2) is 0 Å². The smallest absolute Gasteiger partial charge is 0.133 e. The first-order valence-corrected chi connectivity index (χ1v) is 6.99. The number of benzene rings is 1. The molecule has 94 valence electrons. The Labute approximate surface area is 111 Å². The molecule has 0 saturated carbocycles. The monoisotopic (exact) mass is 297 g/mol. The lowest BCUT2D eigenvalue weighted by atomic mass is 9.83. The van der Waals surface area contributed by atoms with E-state index in [1.807, 2.05) is 13.8 Å². The van der Waals surface area contributed by atoms with Gasteiger partial charge in [0.2, 0.25) is 0 Å². The van der Waals surface area contributed by atoms with Crippen LogP contribution in [0.25, 0.3) is 0 Å². The van der Waals surface area contributed by atoms with Gasteiger partial charge in [0.15, 0.2) is 0 Å². The first-order valence-electron chi connectivity index (χ1n) is 6.19. The number of aryl methyl sites for hydroxylation is 1. The van der Waals surface area contributed by atoms with Gasteiger partial charge in [0.25, 0.3) is 0 Å². The minimum Gasteiger partial charge on any atom is -0.506 e. The fourth-order valence-electron chi connectivity index (χ4n) is 2.59. The molecule has 0 radical (unpaired) electrons. The molecule has 0 fully saturated rings. The van der Waals surface area contributed by atoms with Crippen molar-refractivity contribution in [3.05, 3.63) is 27.2 Å². The molecule has 0 aromatic heterocycles. The molecule has 1 aromatic rings. The molecule has 1 aliphatic rings. The SMILES string of the molecule is CC(C)(N)Cc1c(O)c(Br)cc2c1CCCC2. The van der Waals surface area contributed by atoms with Gasteiger partial charge in [-0.1, -0.05) is 0 Å². The first-order chi connectivity index (χ1) is 7.88. The Morgan fingerprint density at radius 3 is 2.65 bits per heavy atom. The zero-order valence-electron chi connectivity index (χ0n) is 10.5. The van der Waals surface area contributed by atoms with Crippen LogP contribution in [-0.4, -0.2) is 10.6 Å². The van der Waals surface area contributed by atoms with E-state index in [-0.39, 0.29) is 5.54 Å². The van der Waals surface area contributed by atoms with E-state index in [2.05, 4.69) is 22.0 Å². The van der Waals surface area contributed by atoms with E-state index in [1.54, 1.807) is 0 Å². The van der Waals surface area contributed by atoms with Gasteiger partial charge in [-0.15, -0.1) is 0 Å². The maximum absolute atomic E-state index is 10.2. The summed E-state index contributed by atoms with van der Waals surface area (Å²) in [6.07, 6.45) is 5.37. The van der Waals surface area contributed by atoms with Crippen molar-refractivity contribution in [1.29, 1.82) is 0 Å². The molecule has 0 unspecified atom stereocenters. The maximum Gasteiger partial charge on any atom is 0.133 e. The summed E-state index contributed by atoms with van der Waals surface area (Å²) >= 11 is 3.44. The van der Waals surface area contributed by atoms with Crippen molar-refractivity contribution in [2.45, 2.75) is 51.5 Å². The van der Waals surface area contributed by atoms with Crippen LogP contribution in [0.15, 0.2) is 10.5 Å². The van der Waals surface area contributed by atoms with Gasteiger partial charge >= 0.3 is 0 Å². The molecule has 0 aliphatic heterocycles. The summed E-state index contributed by atoms with van der Waals surface area (Å²) < 4.78 is 0.803. The van der Waals surface area contributed by atoms with Crippen LogP contribution in [-0.2, 0) is 19.3 Å². The predicted octanol–water partition coefficient (Wildman–Crippen LogP) is 3.31. The van der Waals surface area contributed by atoms with Crippen molar-refractivity contribution < 1.29 is 5.11 Å². The van der Waals surface area contributed by atoms with Crippen molar-refractivity contribution in [2.75, 3.05) is 0 Å². The number of hydrogen-bond donors (Lipinski definition) is 2. The molecule has 0 atom stereocenters. The molecule has 2 rings (SSSR count). The second-order valence-corrected chi connectivity index (χ2v) is 6.55. The van der Waals surface area contributed by atoms with E-state index in [1.165, 1.54) is 24.0 Å². The number of phenols is 1. The Morgan fingerprint density at radius 2 is 2.00 bits per heavy atom. The topological polar surface area (TPSA) is 46.2 Å². The highest BCUT2D eigenvalue weighted by Gasteiger charge is 2.23. The second-order valence-electron chi connectivity index (χ2n) is 5.70. The van der Waals surface area contributed by atoms with Crippen LogP contribution >= 0.6 is 15.9 Å². The summed E-state index contributed by atoms with van der Waals surface area (Å²) in [5.41, 5.74) is 9.55. The number of halogens is 1. The highest BCUT2D eigenvalue weighted by Crippen LogP contribution is 2.38. The van der Waals surface area contributed by atoms with Crippen molar-refractivity contribution in [2.24, 2.45) is 5.73 Å². The average Bonchev–Trinajstić information content (AvgIpc) is 2.23. The highest BCUT2D eigenvalue weighted by molar-refractivity contribution is 9.10. The number of aromatic hydroxyl groups is 1. The zero-order valence-corrected chi connectivity index (χ0v) is 12.1. The van der Waals surface area contributed by atoms with Crippen molar-refractivity contribution in [3.63, 3.8) is 0 Å². The largest absolute Gasteiger partial charge is 0.506 e. The van der Waals surface area contributed by atoms with E-state index < -0.39 is 0 Å². The van der Waals surface area contributed by atoms with Crippen LogP contribution in [0.3, 0.4) is 0 Å². The van der Waals surface area contributed by atoms with E-state index >= 15 is 0 Å². The van der Waals surface area contributed by atoms with Crippen molar-refractivity contribution in [1.82, 2.24) is 0 Å². The molecule has 0 heterocycles. The first kappa shape index (κ1) is 12.9. The quantitative estimate of drug-likeness (QED) is 0.880.